The Morgan fingerprint density at radius 1 is 1.50 bits per heavy atom. The van der Waals surface area contributed by atoms with Crippen molar-refractivity contribution in [1.82, 2.24) is 0 Å². The summed E-state index contributed by atoms with van der Waals surface area (Å²) in [6.07, 6.45) is 0. The summed E-state index contributed by atoms with van der Waals surface area (Å²) in [5.74, 6) is 0. The molecule has 0 aliphatic rings. The highest BCUT2D eigenvalue weighted by atomic mass is 32.3. The second-order valence-electron chi connectivity index (χ2n) is 2.14. The molecule has 0 aromatic carbocycles. The third-order valence-corrected chi connectivity index (χ3v) is 2.84. The molecule has 0 aliphatic carbocycles. The van der Waals surface area contributed by atoms with Crippen LogP contribution < -0.4 is 10.3 Å². The van der Waals surface area contributed by atoms with Crippen molar-refractivity contribution >= 4 is 9.72 Å². The fourth-order valence-electron chi connectivity index (χ4n) is 0. The Balaban J connectivity index is 4.40. The van der Waals surface area contributed by atoms with Crippen molar-refractivity contribution in [2.45, 2.75) is 19.1 Å². The van der Waals surface area contributed by atoms with Crippen molar-refractivity contribution in [3.05, 3.63) is 0 Å². The molecule has 0 atom stereocenters. The van der Waals surface area contributed by atoms with Gasteiger partial charge in [0.2, 0.25) is 0 Å². The van der Waals surface area contributed by atoms with Gasteiger partial charge in [0, 0.05) is 0 Å². The van der Waals surface area contributed by atoms with Gasteiger partial charge >= 0.3 is 0 Å². The van der Waals surface area contributed by atoms with Crippen LogP contribution in [0.2, 0.25) is 0 Å². The predicted octanol–water partition coefficient (Wildman–Crippen LogP) is -0.565. The Kier molecular flexibility index (Phi) is 1.51. The Morgan fingerprint density at radius 3 is 1.62 bits per heavy atom. The molecule has 0 radical (unpaired) electrons. The second-order valence-corrected chi connectivity index (χ2v) is 5.25. The van der Waals surface area contributed by atoms with Gasteiger partial charge in [0.05, 0.1) is 5.25 Å². The molecule has 0 rings (SSSR count). The van der Waals surface area contributed by atoms with E-state index in [1.807, 2.05) is 0 Å². The van der Waals surface area contributed by atoms with E-state index in [1.54, 1.807) is 0 Å². The molecule has 0 aliphatic heterocycles. The number of hydrogen-bond donors (Lipinski definition) is 3. The summed E-state index contributed by atoms with van der Waals surface area (Å²) >= 11 is 0. The molecule has 8 heavy (non-hydrogen) atoms. The molecule has 0 bridgehead atoms. The van der Waals surface area contributed by atoms with Crippen LogP contribution in [0.4, 0.5) is 0 Å². The predicted molar refractivity (Wildman–Crippen MR) is 34.3 cm³/mol. The van der Waals surface area contributed by atoms with E-state index in [2.05, 4.69) is 0 Å². The van der Waals surface area contributed by atoms with E-state index in [0.717, 1.165) is 0 Å². The van der Waals surface area contributed by atoms with Crippen molar-refractivity contribution in [2.24, 2.45) is 10.3 Å². The van der Waals surface area contributed by atoms with Gasteiger partial charge in [-0.1, -0.05) is 9.72 Å². The van der Waals surface area contributed by atoms with E-state index in [0.29, 0.717) is 0 Å². The lowest BCUT2D eigenvalue weighted by Crippen LogP contribution is -2.57. The normalized spacial score (nSPS) is 18.0. The summed E-state index contributed by atoms with van der Waals surface area (Å²) in [6, 6.07) is 0. The molecular formula is C3H12N2O2S. The lowest BCUT2D eigenvalue weighted by atomic mass is 10.6. The largest absolute Gasteiger partial charge is 0.278 e. The van der Waals surface area contributed by atoms with Crippen molar-refractivity contribution < 1.29 is 8.76 Å². The zero-order chi connectivity index (χ0) is 7.02. The Labute approximate surface area is 48.7 Å². The smallest absolute Gasteiger partial charge is 0.0671 e. The monoisotopic (exact) mass is 140 g/mol. The summed E-state index contributed by atoms with van der Waals surface area (Å²) in [7, 11) is -4.21. The molecule has 4 nitrogen and oxygen atoms in total. The zero-order valence-corrected chi connectivity index (χ0v) is 5.81. The fraction of sp³-hybridized carbons (Fsp3) is 1.00. The fourth-order valence-corrected chi connectivity index (χ4v) is 0. The van der Waals surface area contributed by atoms with E-state index in [4.69, 9.17) is 14.8 Å². The van der Waals surface area contributed by atoms with E-state index in [9.17, 15) is 4.21 Å². The first-order valence-electron chi connectivity index (χ1n) is 2.21. The molecule has 0 unspecified atom stereocenters. The zero-order valence-electron chi connectivity index (χ0n) is 5.00. The Hall–Kier alpha value is 0.0300. The number of nitrogens with two attached hydrogens (primary N) is 2. The summed E-state index contributed by atoms with van der Waals surface area (Å²) < 4.78 is 19.3. The van der Waals surface area contributed by atoms with Gasteiger partial charge in [-0.05, 0) is 13.8 Å². The topological polar surface area (TPSA) is 89.3 Å². The van der Waals surface area contributed by atoms with Gasteiger partial charge in [-0.3, -0.25) is 4.55 Å². The average Bonchev–Trinajstić information content (AvgIpc) is 1.27. The lowest BCUT2D eigenvalue weighted by molar-refractivity contribution is 0.503. The third kappa shape index (κ3) is 2.37. The maximum absolute atomic E-state index is 10.6. The van der Waals surface area contributed by atoms with Gasteiger partial charge in [-0.15, -0.1) is 0 Å². The molecule has 0 fully saturated rings. The quantitative estimate of drug-likeness (QED) is 0.455. The van der Waals surface area contributed by atoms with Crippen LogP contribution in [0.1, 0.15) is 13.8 Å². The summed E-state index contributed by atoms with van der Waals surface area (Å²) in [5.41, 5.74) is 0. The molecule has 5 N–H and O–H groups in total. The first-order valence-corrected chi connectivity index (χ1v) is 4.32. The molecule has 0 saturated heterocycles. The Morgan fingerprint density at radius 2 is 1.62 bits per heavy atom. The maximum atomic E-state index is 10.6. The number of hydrogen-bond acceptors (Lipinski definition) is 1. The van der Waals surface area contributed by atoms with E-state index in [-0.39, 0.29) is 0 Å². The van der Waals surface area contributed by atoms with Crippen LogP contribution in [-0.4, -0.2) is 14.0 Å². The average molecular weight is 140 g/mol. The molecule has 0 heterocycles. The minimum Gasteiger partial charge on any atom is -0.278 e. The van der Waals surface area contributed by atoms with E-state index < -0.39 is 15.0 Å². The van der Waals surface area contributed by atoms with Gasteiger partial charge in [0.25, 0.3) is 0 Å². The van der Waals surface area contributed by atoms with E-state index >= 15 is 0 Å². The second kappa shape index (κ2) is 1.51. The molecule has 52 valence electrons. The van der Waals surface area contributed by atoms with E-state index in [1.165, 1.54) is 13.8 Å². The molecule has 0 spiro atoms. The van der Waals surface area contributed by atoms with Crippen molar-refractivity contribution in [3.8, 4) is 0 Å². The first-order chi connectivity index (χ1) is 3.20. The van der Waals surface area contributed by atoms with Gasteiger partial charge in [0.15, 0.2) is 0 Å². The SMILES string of the molecule is CC(C)S(N)(N)(=O)O. The summed E-state index contributed by atoms with van der Waals surface area (Å²) in [6.45, 7) is 2.99. The van der Waals surface area contributed by atoms with Crippen LogP contribution in [0.5, 0.6) is 0 Å². The minimum atomic E-state index is -4.21. The van der Waals surface area contributed by atoms with Gasteiger partial charge < -0.3 is 0 Å². The summed E-state index contributed by atoms with van der Waals surface area (Å²) in [4.78, 5) is 0. The van der Waals surface area contributed by atoms with Gasteiger partial charge in [-0.2, -0.15) is 4.21 Å². The highest BCUT2D eigenvalue weighted by Gasteiger charge is 2.18. The van der Waals surface area contributed by atoms with Crippen LogP contribution in [0, 0.1) is 0 Å². The van der Waals surface area contributed by atoms with Crippen LogP contribution in [0.15, 0.2) is 0 Å². The highest BCUT2D eigenvalue weighted by Crippen LogP contribution is 2.08. The number of rotatable bonds is 1. The van der Waals surface area contributed by atoms with Gasteiger partial charge in [0.1, 0.15) is 0 Å². The van der Waals surface area contributed by atoms with Crippen molar-refractivity contribution in [3.63, 3.8) is 0 Å². The molecule has 0 aromatic rings. The standard InChI is InChI=1S/C3H12N2O2S/c1-3(2)8(4,5,6)7/h3H,1-2H3,(H5,4,5,6,7). The molecule has 5 heteroatoms. The minimum absolute atomic E-state index is 0.591. The van der Waals surface area contributed by atoms with Gasteiger partial charge in [-0.25, -0.2) is 10.3 Å². The lowest BCUT2D eigenvalue weighted by Gasteiger charge is -2.37. The van der Waals surface area contributed by atoms with Crippen LogP contribution in [0.3, 0.4) is 0 Å². The van der Waals surface area contributed by atoms with Crippen molar-refractivity contribution in [2.75, 3.05) is 0 Å². The molecule has 0 amide bonds. The van der Waals surface area contributed by atoms with Crippen LogP contribution in [0.25, 0.3) is 0 Å². The van der Waals surface area contributed by atoms with Crippen LogP contribution >= 0.6 is 0 Å². The third-order valence-electron chi connectivity index (χ3n) is 0.948. The molecular weight excluding hydrogens is 128 g/mol. The van der Waals surface area contributed by atoms with Crippen molar-refractivity contribution in [1.29, 1.82) is 0 Å². The van der Waals surface area contributed by atoms with Crippen LogP contribution in [-0.2, 0) is 9.72 Å². The Bertz CT molecular complexity index is 136. The molecule has 0 aromatic heterocycles. The first kappa shape index (κ1) is 8.03. The summed E-state index contributed by atoms with van der Waals surface area (Å²) in [5, 5.41) is 9.02. The maximum Gasteiger partial charge on any atom is 0.0671 e. The molecule has 0 saturated carbocycles. The highest BCUT2D eigenvalue weighted by molar-refractivity contribution is 8.11.